The van der Waals surface area contributed by atoms with Crippen molar-refractivity contribution in [3.63, 3.8) is 0 Å². The first-order valence-corrected chi connectivity index (χ1v) is 6.98. The van der Waals surface area contributed by atoms with E-state index >= 15 is 0 Å². The Morgan fingerprint density at radius 2 is 2.26 bits per heavy atom. The van der Waals surface area contributed by atoms with Crippen LogP contribution in [0.3, 0.4) is 0 Å². The fraction of sp³-hybridized carbons (Fsp3) is 0.200. The molecule has 0 radical (unpaired) electrons. The molecule has 2 heterocycles. The minimum atomic E-state index is 0.704. The van der Waals surface area contributed by atoms with Crippen molar-refractivity contribution in [3.05, 3.63) is 58.5 Å². The second kappa shape index (κ2) is 6.48. The van der Waals surface area contributed by atoms with Gasteiger partial charge in [0.25, 0.3) is 0 Å². The summed E-state index contributed by atoms with van der Waals surface area (Å²) in [6.45, 7) is 5.19. The standard InChI is InChI=1S/C15H16BrN3/c1-3-19-12(2)5-4-6-14(19)9-10-17-15-8-7-13(16)11-18-15/h4-11H,3H2,1-2H3/b14-9+,17-10?. The van der Waals surface area contributed by atoms with Crippen LogP contribution >= 0.6 is 15.9 Å². The van der Waals surface area contributed by atoms with Gasteiger partial charge in [0.15, 0.2) is 5.82 Å². The van der Waals surface area contributed by atoms with Crippen LogP contribution in [0.5, 0.6) is 0 Å². The summed E-state index contributed by atoms with van der Waals surface area (Å²) in [5, 5.41) is 0. The minimum absolute atomic E-state index is 0.704. The lowest BCUT2D eigenvalue weighted by Gasteiger charge is -2.26. The highest BCUT2D eigenvalue weighted by Gasteiger charge is 2.08. The number of likely N-dealkylation sites (N-methyl/N-ethyl adjacent to an activating group) is 1. The SMILES string of the molecule is CCN1C(C)=CC=C/C1=C\C=Nc1ccc(Br)cn1. The smallest absolute Gasteiger partial charge is 0.151 e. The van der Waals surface area contributed by atoms with E-state index in [0.717, 1.165) is 16.7 Å². The van der Waals surface area contributed by atoms with Gasteiger partial charge in [-0.15, -0.1) is 0 Å². The number of pyridine rings is 1. The van der Waals surface area contributed by atoms with Crippen molar-refractivity contribution in [1.82, 2.24) is 9.88 Å². The molecule has 0 unspecified atom stereocenters. The molecule has 0 fully saturated rings. The van der Waals surface area contributed by atoms with E-state index in [-0.39, 0.29) is 0 Å². The van der Waals surface area contributed by atoms with Crippen molar-refractivity contribution in [3.8, 4) is 0 Å². The second-order valence-corrected chi connectivity index (χ2v) is 5.03. The zero-order valence-corrected chi connectivity index (χ0v) is 12.6. The Labute approximate surface area is 122 Å². The molecule has 0 bridgehead atoms. The number of hydrogen-bond acceptors (Lipinski definition) is 3. The maximum Gasteiger partial charge on any atom is 0.151 e. The number of hydrogen-bond donors (Lipinski definition) is 0. The lowest BCUT2D eigenvalue weighted by molar-refractivity contribution is 0.462. The predicted octanol–water partition coefficient (Wildman–Crippen LogP) is 4.23. The van der Waals surface area contributed by atoms with Gasteiger partial charge in [-0.25, -0.2) is 9.98 Å². The van der Waals surface area contributed by atoms with E-state index in [2.05, 4.69) is 62.9 Å². The average molecular weight is 318 g/mol. The van der Waals surface area contributed by atoms with E-state index in [1.165, 1.54) is 5.70 Å². The average Bonchev–Trinajstić information content (AvgIpc) is 2.41. The molecule has 0 aliphatic carbocycles. The molecular formula is C15H16BrN3. The predicted molar refractivity (Wildman–Crippen MR) is 83.4 cm³/mol. The van der Waals surface area contributed by atoms with E-state index in [4.69, 9.17) is 0 Å². The second-order valence-electron chi connectivity index (χ2n) is 4.12. The first-order chi connectivity index (χ1) is 9.20. The van der Waals surface area contributed by atoms with E-state index < -0.39 is 0 Å². The number of nitrogens with zero attached hydrogens (tertiary/aromatic N) is 3. The summed E-state index contributed by atoms with van der Waals surface area (Å²) in [6.07, 6.45) is 11.8. The fourth-order valence-corrected chi connectivity index (χ4v) is 2.12. The van der Waals surface area contributed by atoms with Crippen LogP contribution in [0.15, 0.2) is 63.5 Å². The van der Waals surface area contributed by atoms with Gasteiger partial charge in [-0.05, 0) is 60.1 Å². The molecule has 0 saturated heterocycles. The summed E-state index contributed by atoms with van der Waals surface area (Å²) in [5.41, 5.74) is 2.38. The van der Waals surface area contributed by atoms with Crippen molar-refractivity contribution >= 4 is 28.0 Å². The molecule has 98 valence electrons. The third kappa shape index (κ3) is 3.64. The molecule has 0 atom stereocenters. The molecule has 0 N–H and O–H groups in total. The molecule has 0 aromatic carbocycles. The lowest BCUT2D eigenvalue weighted by Crippen LogP contribution is -2.21. The van der Waals surface area contributed by atoms with Crippen LogP contribution in [-0.2, 0) is 0 Å². The summed E-state index contributed by atoms with van der Waals surface area (Å²) in [5.74, 6) is 0.704. The van der Waals surface area contributed by atoms with Crippen molar-refractivity contribution < 1.29 is 0 Å². The van der Waals surface area contributed by atoms with Gasteiger partial charge in [-0.2, -0.15) is 0 Å². The van der Waals surface area contributed by atoms with E-state index in [9.17, 15) is 0 Å². The third-order valence-corrected chi connectivity index (χ3v) is 3.29. The minimum Gasteiger partial charge on any atom is -0.346 e. The van der Waals surface area contributed by atoms with Crippen LogP contribution in [0, 0.1) is 0 Å². The molecule has 1 aromatic heterocycles. The highest BCUT2D eigenvalue weighted by atomic mass is 79.9. The first kappa shape index (κ1) is 13.7. The van der Waals surface area contributed by atoms with Crippen molar-refractivity contribution in [2.45, 2.75) is 13.8 Å². The zero-order valence-electron chi connectivity index (χ0n) is 11.0. The summed E-state index contributed by atoms with van der Waals surface area (Å²) >= 11 is 3.35. The van der Waals surface area contributed by atoms with Gasteiger partial charge in [0, 0.05) is 34.8 Å². The molecule has 0 spiro atoms. The maximum atomic E-state index is 4.32. The van der Waals surface area contributed by atoms with Gasteiger partial charge in [0.2, 0.25) is 0 Å². The molecular weight excluding hydrogens is 302 g/mol. The summed E-state index contributed by atoms with van der Waals surface area (Å²) in [4.78, 5) is 10.8. The Bertz CT molecular complexity index is 553. The van der Waals surface area contributed by atoms with Crippen LogP contribution in [0.2, 0.25) is 0 Å². The normalized spacial score (nSPS) is 17.3. The van der Waals surface area contributed by atoms with Gasteiger partial charge >= 0.3 is 0 Å². The Hall–Kier alpha value is -1.68. The highest BCUT2D eigenvalue weighted by Crippen LogP contribution is 2.18. The monoisotopic (exact) mass is 317 g/mol. The Balaban J connectivity index is 2.11. The summed E-state index contributed by atoms with van der Waals surface area (Å²) in [6, 6.07) is 3.80. The number of halogens is 1. The lowest BCUT2D eigenvalue weighted by atomic mass is 10.2. The van der Waals surface area contributed by atoms with E-state index in [1.54, 1.807) is 12.4 Å². The largest absolute Gasteiger partial charge is 0.346 e. The van der Waals surface area contributed by atoms with E-state index in [0.29, 0.717) is 5.82 Å². The zero-order chi connectivity index (χ0) is 13.7. The van der Waals surface area contributed by atoms with Crippen molar-refractivity contribution in [2.24, 2.45) is 4.99 Å². The molecule has 1 aromatic rings. The maximum absolute atomic E-state index is 4.32. The van der Waals surface area contributed by atoms with Crippen molar-refractivity contribution in [1.29, 1.82) is 0 Å². The molecule has 1 aliphatic rings. The van der Waals surface area contributed by atoms with Crippen LogP contribution in [0.25, 0.3) is 0 Å². The molecule has 3 nitrogen and oxygen atoms in total. The molecule has 1 aliphatic heterocycles. The van der Waals surface area contributed by atoms with Gasteiger partial charge < -0.3 is 4.90 Å². The van der Waals surface area contributed by atoms with Gasteiger partial charge in [0.05, 0.1) is 0 Å². The van der Waals surface area contributed by atoms with E-state index in [1.807, 2.05) is 18.2 Å². The topological polar surface area (TPSA) is 28.5 Å². The van der Waals surface area contributed by atoms with Gasteiger partial charge in [-0.1, -0.05) is 6.08 Å². The number of allylic oxidation sites excluding steroid dienone is 5. The van der Waals surface area contributed by atoms with Gasteiger partial charge in [0.1, 0.15) is 0 Å². The molecule has 0 amide bonds. The number of aliphatic imine (C=N–C) groups is 1. The van der Waals surface area contributed by atoms with Crippen LogP contribution in [-0.4, -0.2) is 22.6 Å². The Morgan fingerprint density at radius 3 is 2.95 bits per heavy atom. The van der Waals surface area contributed by atoms with Crippen LogP contribution in [0.1, 0.15) is 13.8 Å². The summed E-state index contributed by atoms with van der Waals surface area (Å²) < 4.78 is 0.956. The quantitative estimate of drug-likeness (QED) is 0.781. The highest BCUT2D eigenvalue weighted by molar-refractivity contribution is 9.10. The Kier molecular flexibility index (Phi) is 4.68. The molecule has 0 saturated carbocycles. The van der Waals surface area contributed by atoms with Crippen molar-refractivity contribution in [2.75, 3.05) is 6.54 Å². The fourth-order valence-electron chi connectivity index (χ4n) is 1.88. The van der Waals surface area contributed by atoms with Crippen LogP contribution in [0.4, 0.5) is 5.82 Å². The molecule has 19 heavy (non-hydrogen) atoms. The first-order valence-electron chi connectivity index (χ1n) is 6.19. The number of aromatic nitrogens is 1. The number of rotatable bonds is 3. The Morgan fingerprint density at radius 1 is 1.42 bits per heavy atom. The van der Waals surface area contributed by atoms with Gasteiger partial charge in [-0.3, -0.25) is 0 Å². The third-order valence-electron chi connectivity index (χ3n) is 2.82. The van der Waals surface area contributed by atoms with Crippen LogP contribution < -0.4 is 0 Å². The molecule has 4 heteroatoms. The summed E-state index contributed by atoms with van der Waals surface area (Å²) in [7, 11) is 0. The molecule has 2 rings (SSSR count).